The highest BCUT2D eigenvalue weighted by Gasteiger charge is 2.47. The van der Waals surface area contributed by atoms with Crippen molar-refractivity contribution in [2.24, 2.45) is 5.41 Å². The van der Waals surface area contributed by atoms with Gasteiger partial charge in [-0.3, -0.25) is 4.79 Å². The van der Waals surface area contributed by atoms with E-state index in [1.165, 1.54) is 11.2 Å². The first-order valence-electron chi connectivity index (χ1n) is 16.3. The van der Waals surface area contributed by atoms with Crippen molar-refractivity contribution in [3.63, 3.8) is 0 Å². The SMILES string of the molecule is Cc1cc(C(=O)N2CCN(C(=O)O)C(C(C)(C)C)[C@H]2Cc2ccccc2)c(-c2ccccc2)n1-c1cccc(OCCCS(C)(=O)=O)c1. The van der Waals surface area contributed by atoms with Crippen LogP contribution in [0, 0.1) is 12.3 Å². The number of nitrogens with zero attached hydrogens (tertiary/aromatic N) is 3. The van der Waals surface area contributed by atoms with E-state index in [0.717, 1.165) is 28.2 Å². The van der Waals surface area contributed by atoms with Gasteiger partial charge in [0, 0.05) is 36.8 Å². The topological polar surface area (TPSA) is 109 Å². The zero-order chi connectivity index (χ0) is 34.6. The molecule has 0 bridgehead atoms. The number of aryl methyl sites for hydroxylation is 1. The molecule has 0 spiro atoms. The molecule has 1 aliphatic rings. The van der Waals surface area contributed by atoms with Gasteiger partial charge in [-0.05, 0) is 54.5 Å². The normalized spacial score (nSPS) is 16.9. The molecule has 254 valence electrons. The van der Waals surface area contributed by atoms with E-state index in [4.69, 9.17) is 4.74 Å². The molecule has 5 rings (SSSR count). The second-order valence-corrected chi connectivity index (χ2v) is 15.9. The third kappa shape index (κ3) is 7.93. The van der Waals surface area contributed by atoms with Gasteiger partial charge < -0.3 is 24.2 Å². The lowest BCUT2D eigenvalue weighted by Crippen LogP contribution is -2.66. The van der Waals surface area contributed by atoms with Gasteiger partial charge in [0.2, 0.25) is 0 Å². The van der Waals surface area contributed by atoms with E-state index >= 15 is 0 Å². The van der Waals surface area contributed by atoms with Crippen LogP contribution < -0.4 is 4.74 Å². The molecule has 1 unspecified atom stereocenters. The Labute approximate surface area is 283 Å². The number of hydrogen-bond acceptors (Lipinski definition) is 5. The molecular weight excluding hydrogens is 627 g/mol. The smallest absolute Gasteiger partial charge is 0.407 e. The molecule has 1 fully saturated rings. The van der Waals surface area contributed by atoms with Crippen LogP contribution >= 0.6 is 0 Å². The van der Waals surface area contributed by atoms with Crippen LogP contribution in [-0.4, -0.2) is 83.7 Å². The first kappa shape index (κ1) is 34.8. The molecule has 3 aromatic carbocycles. The minimum atomic E-state index is -3.08. The molecule has 2 atom stereocenters. The van der Waals surface area contributed by atoms with Crippen molar-refractivity contribution < 1.29 is 27.9 Å². The van der Waals surface area contributed by atoms with Gasteiger partial charge >= 0.3 is 6.09 Å². The molecule has 9 nitrogen and oxygen atoms in total. The van der Waals surface area contributed by atoms with Gasteiger partial charge in [-0.25, -0.2) is 13.2 Å². The van der Waals surface area contributed by atoms with E-state index in [-0.39, 0.29) is 31.4 Å². The van der Waals surface area contributed by atoms with Gasteiger partial charge in [0.1, 0.15) is 15.6 Å². The molecule has 1 N–H and O–H groups in total. The Hall–Kier alpha value is -4.57. The van der Waals surface area contributed by atoms with Crippen LogP contribution in [0.3, 0.4) is 0 Å². The predicted molar refractivity (Wildman–Crippen MR) is 189 cm³/mol. The summed E-state index contributed by atoms with van der Waals surface area (Å²) in [5.41, 5.74) is 4.38. The molecule has 0 saturated carbocycles. The molecule has 1 aromatic heterocycles. The number of rotatable bonds is 10. The van der Waals surface area contributed by atoms with Gasteiger partial charge in [0.25, 0.3) is 5.91 Å². The first-order valence-corrected chi connectivity index (χ1v) is 18.3. The number of benzene rings is 3. The Morgan fingerprint density at radius 2 is 1.54 bits per heavy atom. The summed E-state index contributed by atoms with van der Waals surface area (Å²) < 4.78 is 31.1. The zero-order valence-electron chi connectivity index (χ0n) is 28.3. The van der Waals surface area contributed by atoms with E-state index in [0.29, 0.717) is 24.2 Å². The van der Waals surface area contributed by atoms with Gasteiger partial charge in [-0.2, -0.15) is 0 Å². The lowest BCUT2D eigenvalue weighted by atomic mass is 9.77. The monoisotopic (exact) mass is 671 g/mol. The van der Waals surface area contributed by atoms with Crippen LogP contribution in [0.4, 0.5) is 4.79 Å². The van der Waals surface area contributed by atoms with Crippen LogP contribution in [0.5, 0.6) is 5.75 Å². The molecule has 4 aromatic rings. The number of aromatic nitrogens is 1. The average Bonchev–Trinajstić information content (AvgIpc) is 3.39. The molecule has 0 radical (unpaired) electrons. The summed E-state index contributed by atoms with van der Waals surface area (Å²) in [4.78, 5) is 30.9. The largest absolute Gasteiger partial charge is 0.493 e. The van der Waals surface area contributed by atoms with E-state index in [1.54, 1.807) is 0 Å². The molecule has 0 aliphatic carbocycles. The van der Waals surface area contributed by atoms with E-state index in [1.807, 2.05) is 128 Å². The molecule has 2 heterocycles. The molecule has 48 heavy (non-hydrogen) atoms. The highest BCUT2D eigenvalue weighted by atomic mass is 32.2. The second kappa shape index (κ2) is 14.3. The second-order valence-electron chi connectivity index (χ2n) is 13.6. The van der Waals surface area contributed by atoms with Crippen molar-refractivity contribution >= 4 is 21.8 Å². The number of piperazine rings is 1. The molecule has 1 saturated heterocycles. The summed E-state index contributed by atoms with van der Waals surface area (Å²) in [7, 11) is -3.08. The highest BCUT2D eigenvalue weighted by Crippen LogP contribution is 2.37. The highest BCUT2D eigenvalue weighted by molar-refractivity contribution is 7.90. The van der Waals surface area contributed by atoms with Crippen molar-refractivity contribution in [1.82, 2.24) is 14.4 Å². The Morgan fingerprint density at radius 3 is 2.17 bits per heavy atom. The van der Waals surface area contributed by atoms with Crippen LogP contribution in [-0.2, 0) is 16.3 Å². The Balaban J connectivity index is 1.58. The Morgan fingerprint density at radius 1 is 0.896 bits per heavy atom. The predicted octanol–water partition coefficient (Wildman–Crippen LogP) is 6.73. The average molecular weight is 672 g/mol. The maximum Gasteiger partial charge on any atom is 0.407 e. The van der Waals surface area contributed by atoms with Crippen LogP contribution in [0.25, 0.3) is 16.9 Å². The summed E-state index contributed by atoms with van der Waals surface area (Å²) in [6, 6.07) is 28.3. The Kier molecular flexibility index (Phi) is 10.3. The maximum absolute atomic E-state index is 14.9. The standard InChI is InChI=1S/C38H45N3O6S/c1-27-24-32(36(42)39-20-21-40(37(43)44)35(38(2,3)4)33(39)25-28-14-8-6-9-15-28)34(29-16-10-7-11-17-29)41(27)30-18-12-19-31(26-30)47-22-13-23-48(5,45)46/h6-12,14-19,24,26,33,35H,13,20-23,25H2,1-5H3,(H,43,44)/t33-,35?/m1/s1. The fraction of sp³-hybridized carbons (Fsp3) is 0.368. The lowest BCUT2D eigenvalue weighted by Gasteiger charge is -2.51. The fourth-order valence-corrected chi connectivity index (χ4v) is 7.52. The molecular formula is C38H45N3O6S. The maximum atomic E-state index is 14.9. The van der Waals surface area contributed by atoms with Crippen LogP contribution in [0.1, 0.15) is 48.8 Å². The Bertz CT molecular complexity index is 1850. The third-order valence-corrected chi connectivity index (χ3v) is 9.86. The van der Waals surface area contributed by atoms with Crippen molar-refractivity contribution in [3.8, 4) is 22.7 Å². The lowest BCUT2D eigenvalue weighted by molar-refractivity contribution is -0.0144. The quantitative estimate of drug-likeness (QED) is 0.187. The van der Waals surface area contributed by atoms with Crippen LogP contribution in [0.2, 0.25) is 0 Å². The van der Waals surface area contributed by atoms with E-state index in [2.05, 4.69) is 0 Å². The third-order valence-electron chi connectivity index (χ3n) is 8.83. The summed E-state index contributed by atoms with van der Waals surface area (Å²) in [6.07, 6.45) is 1.13. The van der Waals surface area contributed by atoms with E-state index < -0.39 is 33.4 Å². The number of ether oxygens (including phenoxy) is 1. The number of hydrogen-bond donors (Lipinski definition) is 1. The van der Waals surface area contributed by atoms with Gasteiger partial charge in [-0.1, -0.05) is 87.5 Å². The number of carbonyl (C=O) groups is 2. The minimum Gasteiger partial charge on any atom is -0.493 e. The van der Waals surface area contributed by atoms with E-state index in [9.17, 15) is 23.1 Å². The summed E-state index contributed by atoms with van der Waals surface area (Å²) >= 11 is 0. The van der Waals surface area contributed by atoms with Gasteiger partial charge in [0.15, 0.2) is 0 Å². The van der Waals surface area contributed by atoms with Crippen molar-refractivity contribution in [2.45, 2.75) is 52.6 Å². The summed E-state index contributed by atoms with van der Waals surface area (Å²) in [5.74, 6) is 0.501. The number of carbonyl (C=O) groups excluding carboxylic acids is 1. The molecule has 10 heteroatoms. The van der Waals surface area contributed by atoms with Crippen LogP contribution in [0.15, 0.2) is 91.0 Å². The number of carboxylic acid groups (broad SMARTS) is 1. The summed E-state index contributed by atoms with van der Waals surface area (Å²) in [6.45, 7) is 8.81. The van der Waals surface area contributed by atoms with Crippen molar-refractivity contribution in [3.05, 3.63) is 108 Å². The first-order chi connectivity index (χ1) is 22.7. The van der Waals surface area contributed by atoms with Crippen molar-refractivity contribution in [2.75, 3.05) is 31.7 Å². The number of amides is 2. The number of sulfone groups is 1. The molecule has 2 amide bonds. The minimum absolute atomic E-state index is 0.0507. The van der Waals surface area contributed by atoms with Gasteiger partial charge in [0.05, 0.1) is 35.7 Å². The summed E-state index contributed by atoms with van der Waals surface area (Å²) in [5, 5.41) is 10.3. The fourth-order valence-electron chi connectivity index (χ4n) is 6.88. The van der Waals surface area contributed by atoms with Crippen molar-refractivity contribution in [1.29, 1.82) is 0 Å². The zero-order valence-corrected chi connectivity index (χ0v) is 29.1. The van der Waals surface area contributed by atoms with Gasteiger partial charge in [-0.15, -0.1) is 0 Å². The molecule has 1 aliphatic heterocycles.